The molecule has 1 aromatic rings. The molecule has 1 aromatic carbocycles. The average Bonchev–Trinajstić information content (AvgIpc) is 2.49. The molecule has 1 N–H and O–H groups in total. The molecule has 2 rings (SSSR count). The molecule has 0 aliphatic carbocycles. The van der Waals surface area contributed by atoms with Gasteiger partial charge in [0, 0.05) is 42.3 Å². The average molecular weight is 392 g/mol. The van der Waals surface area contributed by atoms with Crippen LogP contribution in [0.25, 0.3) is 0 Å². The van der Waals surface area contributed by atoms with Crippen LogP contribution in [0.2, 0.25) is 0 Å². The zero-order valence-electron chi connectivity index (χ0n) is 12.9. The van der Waals surface area contributed by atoms with Crippen molar-refractivity contribution in [2.75, 3.05) is 26.2 Å². The summed E-state index contributed by atoms with van der Waals surface area (Å²) in [6, 6.07) is 5.63. The highest BCUT2D eigenvalue weighted by Gasteiger charge is 2.24. The molecular weight excluding hydrogens is 367 g/mol. The third-order valence-corrected chi connectivity index (χ3v) is 4.54. The highest BCUT2D eigenvalue weighted by atomic mass is 79.9. The Hall–Kier alpha value is -0.420. The molecule has 124 valence electrons. The zero-order chi connectivity index (χ0) is 15.1. The lowest BCUT2D eigenvalue weighted by atomic mass is 9.97. The standard InChI is InChI=1S/C17H24BrFN2.ClH/c1-2-3-4-5-6-17(21-11-9-20-10-12-21)15-8-7-14(18)13-16(15)19;/h2,7-8,13,17,20H,1,3-6,9-12H2;1H/t17-;/m1./s1. The Morgan fingerprint density at radius 2 is 2.05 bits per heavy atom. The van der Waals surface area contributed by atoms with E-state index in [9.17, 15) is 4.39 Å². The molecular formula is C17H25BrClFN2. The second-order valence-electron chi connectivity index (χ2n) is 5.54. The molecule has 1 atom stereocenters. The van der Waals surface area contributed by atoms with Crippen LogP contribution in [-0.2, 0) is 0 Å². The van der Waals surface area contributed by atoms with Gasteiger partial charge in [0.25, 0.3) is 0 Å². The van der Waals surface area contributed by atoms with Gasteiger partial charge in [-0.15, -0.1) is 19.0 Å². The van der Waals surface area contributed by atoms with E-state index in [0.29, 0.717) is 0 Å². The minimum absolute atomic E-state index is 0. The third kappa shape index (κ3) is 5.65. The molecule has 0 radical (unpaired) electrons. The van der Waals surface area contributed by atoms with Crippen molar-refractivity contribution in [2.24, 2.45) is 0 Å². The van der Waals surface area contributed by atoms with E-state index in [4.69, 9.17) is 0 Å². The zero-order valence-corrected chi connectivity index (χ0v) is 15.3. The lowest BCUT2D eigenvalue weighted by molar-refractivity contribution is 0.160. The summed E-state index contributed by atoms with van der Waals surface area (Å²) in [6.45, 7) is 7.72. The molecule has 2 nitrogen and oxygen atoms in total. The largest absolute Gasteiger partial charge is 0.314 e. The van der Waals surface area contributed by atoms with Crippen molar-refractivity contribution in [3.63, 3.8) is 0 Å². The fourth-order valence-electron chi connectivity index (χ4n) is 2.93. The van der Waals surface area contributed by atoms with Gasteiger partial charge in [-0.05, 0) is 31.4 Å². The molecule has 5 heteroatoms. The highest BCUT2D eigenvalue weighted by molar-refractivity contribution is 9.10. The predicted molar refractivity (Wildman–Crippen MR) is 97.2 cm³/mol. The van der Waals surface area contributed by atoms with Gasteiger partial charge in [-0.2, -0.15) is 0 Å². The van der Waals surface area contributed by atoms with Crippen LogP contribution in [0.4, 0.5) is 4.39 Å². The van der Waals surface area contributed by atoms with Gasteiger partial charge in [0.05, 0.1) is 0 Å². The molecule has 0 bridgehead atoms. The van der Waals surface area contributed by atoms with Crippen molar-refractivity contribution >= 4 is 28.3 Å². The predicted octanol–water partition coefficient (Wildman–Crippen LogP) is 4.70. The summed E-state index contributed by atoms with van der Waals surface area (Å²) in [5.74, 6) is -0.100. The number of piperazine rings is 1. The Kier molecular flexibility index (Phi) is 9.25. The SMILES string of the molecule is C=CCCCC[C@H](c1ccc(Br)cc1F)N1CCNCC1.Cl. The Bertz CT molecular complexity index is 464. The van der Waals surface area contributed by atoms with Crippen LogP contribution >= 0.6 is 28.3 Å². The smallest absolute Gasteiger partial charge is 0.129 e. The molecule has 1 saturated heterocycles. The second kappa shape index (κ2) is 10.4. The van der Waals surface area contributed by atoms with E-state index in [1.54, 1.807) is 6.07 Å². The first kappa shape index (κ1) is 19.6. The van der Waals surface area contributed by atoms with E-state index in [0.717, 1.165) is 61.9 Å². The molecule has 0 unspecified atom stereocenters. The number of unbranched alkanes of at least 4 members (excludes halogenated alkanes) is 2. The maximum Gasteiger partial charge on any atom is 0.129 e. The first-order valence-corrected chi connectivity index (χ1v) is 8.52. The monoisotopic (exact) mass is 390 g/mol. The Morgan fingerprint density at radius 3 is 2.68 bits per heavy atom. The van der Waals surface area contributed by atoms with E-state index in [2.05, 4.69) is 32.7 Å². The van der Waals surface area contributed by atoms with Crippen molar-refractivity contribution < 1.29 is 4.39 Å². The Labute approximate surface area is 147 Å². The lowest BCUT2D eigenvalue weighted by Crippen LogP contribution is -2.45. The van der Waals surface area contributed by atoms with Gasteiger partial charge in [0.2, 0.25) is 0 Å². The minimum atomic E-state index is -0.100. The molecule has 1 aliphatic heterocycles. The van der Waals surface area contributed by atoms with E-state index in [1.165, 1.54) is 0 Å². The van der Waals surface area contributed by atoms with Crippen LogP contribution in [0.1, 0.15) is 37.3 Å². The molecule has 1 aliphatic rings. The van der Waals surface area contributed by atoms with Crippen LogP contribution < -0.4 is 5.32 Å². The van der Waals surface area contributed by atoms with Crippen LogP contribution in [0.5, 0.6) is 0 Å². The minimum Gasteiger partial charge on any atom is -0.314 e. The normalized spacial score (nSPS) is 16.8. The summed E-state index contributed by atoms with van der Waals surface area (Å²) >= 11 is 3.34. The maximum atomic E-state index is 14.3. The fraction of sp³-hybridized carbons (Fsp3) is 0.529. The Morgan fingerprint density at radius 1 is 1.32 bits per heavy atom. The number of benzene rings is 1. The van der Waals surface area contributed by atoms with Gasteiger partial charge in [0.1, 0.15) is 5.82 Å². The quantitative estimate of drug-likeness (QED) is 0.535. The van der Waals surface area contributed by atoms with Crippen molar-refractivity contribution in [1.29, 1.82) is 0 Å². The maximum absolute atomic E-state index is 14.3. The summed E-state index contributed by atoms with van der Waals surface area (Å²) in [7, 11) is 0. The summed E-state index contributed by atoms with van der Waals surface area (Å²) in [5, 5.41) is 3.36. The molecule has 0 amide bonds. The number of nitrogens with zero attached hydrogens (tertiary/aromatic N) is 1. The van der Waals surface area contributed by atoms with Crippen LogP contribution in [0.15, 0.2) is 35.3 Å². The van der Waals surface area contributed by atoms with Gasteiger partial charge in [-0.25, -0.2) is 4.39 Å². The van der Waals surface area contributed by atoms with Crippen molar-refractivity contribution in [1.82, 2.24) is 10.2 Å². The number of hydrogen-bond acceptors (Lipinski definition) is 2. The molecule has 1 heterocycles. The van der Waals surface area contributed by atoms with E-state index in [1.807, 2.05) is 18.2 Å². The van der Waals surface area contributed by atoms with Gasteiger partial charge < -0.3 is 5.32 Å². The number of allylic oxidation sites excluding steroid dienone is 1. The number of rotatable bonds is 7. The summed E-state index contributed by atoms with van der Waals surface area (Å²) < 4.78 is 15.1. The first-order chi connectivity index (χ1) is 10.2. The third-order valence-electron chi connectivity index (χ3n) is 4.05. The highest BCUT2D eigenvalue weighted by Crippen LogP contribution is 2.30. The first-order valence-electron chi connectivity index (χ1n) is 7.73. The van der Waals surface area contributed by atoms with E-state index in [-0.39, 0.29) is 24.3 Å². The topological polar surface area (TPSA) is 15.3 Å². The number of hydrogen-bond donors (Lipinski definition) is 1. The van der Waals surface area contributed by atoms with Crippen LogP contribution in [0, 0.1) is 5.82 Å². The summed E-state index contributed by atoms with van der Waals surface area (Å²) in [6.07, 6.45) is 6.24. The molecule has 0 saturated carbocycles. The van der Waals surface area contributed by atoms with Crippen molar-refractivity contribution in [2.45, 2.75) is 31.7 Å². The second-order valence-corrected chi connectivity index (χ2v) is 6.46. The summed E-state index contributed by atoms with van der Waals surface area (Å²) in [4.78, 5) is 2.41. The number of halogens is 3. The van der Waals surface area contributed by atoms with Gasteiger partial charge >= 0.3 is 0 Å². The van der Waals surface area contributed by atoms with Crippen molar-refractivity contribution in [3.8, 4) is 0 Å². The fourth-order valence-corrected chi connectivity index (χ4v) is 3.26. The van der Waals surface area contributed by atoms with Gasteiger partial charge in [0.15, 0.2) is 0 Å². The van der Waals surface area contributed by atoms with Crippen LogP contribution in [-0.4, -0.2) is 31.1 Å². The molecule has 22 heavy (non-hydrogen) atoms. The van der Waals surface area contributed by atoms with Crippen LogP contribution in [0.3, 0.4) is 0 Å². The Balaban J connectivity index is 0.00000242. The van der Waals surface area contributed by atoms with E-state index < -0.39 is 0 Å². The number of nitrogens with one attached hydrogen (secondary N) is 1. The molecule has 1 fully saturated rings. The molecule has 0 aromatic heterocycles. The summed E-state index contributed by atoms with van der Waals surface area (Å²) in [5.41, 5.74) is 0.832. The van der Waals surface area contributed by atoms with Crippen molar-refractivity contribution in [3.05, 3.63) is 46.7 Å². The van der Waals surface area contributed by atoms with Gasteiger partial charge in [-0.1, -0.05) is 34.5 Å². The lowest BCUT2D eigenvalue weighted by Gasteiger charge is -2.35. The van der Waals surface area contributed by atoms with Gasteiger partial charge in [-0.3, -0.25) is 4.90 Å². The molecule has 0 spiro atoms. The van der Waals surface area contributed by atoms with E-state index >= 15 is 0 Å².